The number of aromatic nitrogens is 2. The van der Waals surface area contributed by atoms with Crippen molar-refractivity contribution in [1.82, 2.24) is 9.97 Å². The highest BCUT2D eigenvalue weighted by Crippen LogP contribution is 2.33. The van der Waals surface area contributed by atoms with Gasteiger partial charge in [0.1, 0.15) is 5.01 Å². The molecule has 2 aromatic heterocycles. The van der Waals surface area contributed by atoms with Gasteiger partial charge < -0.3 is 5.11 Å². The molecule has 1 unspecified atom stereocenters. The number of hydrogen-bond donors (Lipinski definition) is 1. The summed E-state index contributed by atoms with van der Waals surface area (Å²) >= 11 is 1.65. The van der Waals surface area contributed by atoms with E-state index >= 15 is 0 Å². The highest BCUT2D eigenvalue weighted by Gasteiger charge is 2.20. The predicted octanol–water partition coefficient (Wildman–Crippen LogP) is 3.74. The average molecular weight is 321 g/mol. The minimum atomic E-state index is 0.0492. The lowest BCUT2D eigenvalue weighted by molar-refractivity contribution is 0.282. The van der Waals surface area contributed by atoms with Crippen LogP contribution in [0.5, 0.6) is 0 Å². The molecule has 0 amide bonds. The lowest BCUT2D eigenvalue weighted by Crippen LogP contribution is -2.09. The number of fused-ring (bicyclic) bond motifs is 1. The fourth-order valence-corrected chi connectivity index (χ4v) is 3.62. The van der Waals surface area contributed by atoms with Crippen molar-refractivity contribution in [3.63, 3.8) is 0 Å². The van der Waals surface area contributed by atoms with Crippen molar-refractivity contribution in [3.8, 4) is 10.6 Å². The molecule has 114 valence electrons. The van der Waals surface area contributed by atoms with Crippen LogP contribution >= 0.6 is 11.3 Å². The summed E-state index contributed by atoms with van der Waals surface area (Å²) in [5, 5.41) is 12.3. The molecule has 3 aromatic rings. The lowest BCUT2D eigenvalue weighted by atomic mass is 9.93. The van der Waals surface area contributed by atoms with Gasteiger partial charge in [0.15, 0.2) is 0 Å². The smallest absolute Gasteiger partial charge is 0.123 e. The Kier molecular flexibility index (Phi) is 3.73. The van der Waals surface area contributed by atoms with Crippen LogP contribution in [0.15, 0.2) is 53.1 Å². The van der Waals surface area contributed by atoms with E-state index in [1.165, 1.54) is 5.56 Å². The minimum Gasteiger partial charge on any atom is -0.392 e. The summed E-state index contributed by atoms with van der Waals surface area (Å²) in [6, 6.07) is 9.92. The quantitative estimate of drug-likeness (QED) is 0.799. The molecule has 1 aliphatic rings. The second-order valence-electron chi connectivity index (χ2n) is 5.52. The third kappa shape index (κ3) is 2.81. The maximum absolute atomic E-state index is 9.22. The summed E-state index contributed by atoms with van der Waals surface area (Å²) in [7, 11) is 0. The fraction of sp³-hybridized carbons (Fsp3) is 0.167. The van der Waals surface area contributed by atoms with Crippen LogP contribution < -0.4 is 0 Å². The number of thiazole rings is 1. The second kappa shape index (κ2) is 6.02. The Bertz CT molecular complexity index is 858. The van der Waals surface area contributed by atoms with Crippen molar-refractivity contribution in [2.24, 2.45) is 4.99 Å². The highest BCUT2D eigenvalue weighted by atomic mass is 32.1. The number of aliphatic imine (C=N–C) groups is 1. The topological polar surface area (TPSA) is 58.4 Å². The van der Waals surface area contributed by atoms with E-state index in [4.69, 9.17) is 4.98 Å². The normalized spacial score (nSPS) is 16.3. The van der Waals surface area contributed by atoms with Crippen LogP contribution in [0.3, 0.4) is 0 Å². The molecule has 4 rings (SSSR count). The second-order valence-corrected chi connectivity index (χ2v) is 6.38. The Labute approximate surface area is 138 Å². The summed E-state index contributed by atoms with van der Waals surface area (Å²) in [6.45, 7) is 0.0492. The van der Waals surface area contributed by atoms with Crippen molar-refractivity contribution in [3.05, 3.63) is 64.9 Å². The molecule has 3 heterocycles. The van der Waals surface area contributed by atoms with E-state index < -0.39 is 0 Å². The molecule has 0 saturated carbocycles. The Morgan fingerprint density at radius 1 is 1.17 bits per heavy atom. The summed E-state index contributed by atoms with van der Waals surface area (Å²) in [4.78, 5) is 13.4. The summed E-state index contributed by atoms with van der Waals surface area (Å²) in [5.41, 5.74) is 5.21. The van der Waals surface area contributed by atoms with Gasteiger partial charge in [0, 0.05) is 35.5 Å². The van der Waals surface area contributed by atoms with E-state index in [-0.39, 0.29) is 12.5 Å². The molecule has 5 heteroatoms. The Morgan fingerprint density at radius 3 is 2.87 bits per heavy atom. The van der Waals surface area contributed by atoms with E-state index in [1.54, 1.807) is 23.7 Å². The molecule has 0 bridgehead atoms. The third-order valence-electron chi connectivity index (χ3n) is 3.99. The van der Waals surface area contributed by atoms with E-state index in [2.05, 4.69) is 21.4 Å². The van der Waals surface area contributed by atoms with Gasteiger partial charge in [-0.3, -0.25) is 9.98 Å². The summed E-state index contributed by atoms with van der Waals surface area (Å²) < 4.78 is 0. The third-order valence-corrected chi connectivity index (χ3v) is 4.90. The van der Waals surface area contributed by atoms with Crippen LogP contribution in [0.2, 0.25) is 0 Å². The molecule has 1 aromatic carbocycles. The first-order valence-corrected chi connectivity index (χ1v) is 8.34. The van der Waals surface area contributed by atoms with Gasteiger partial charge in [0.25, 0.3) is 0 Å². The monoisotopic (exact) mass is 321 g/mol. The number of pyridine rings is 1. The van der Waals surface area contributed by atoms with Gasteiger partial charge in [-0.25, -0.2) is 4.98 Å². The first-order chi connectivity index (χ1) is 11.3. The van der Waals surface area contributed by atoms with Crippen LogP contribution in [0.1, 0.15) is 22.7 Å². The zero-order chi connectivity index (χ0) is 15.6. The van der Waals surface area contributed by atoms with E-state index in [0.29, 0.717) is 0 Å². The van der Waals surface area contributed by atoms with Crippen molar-refractivity contribution < 1.29 is 5.11 Å². The van der Waals surface area contributed by atoms with Crippen LogP contribution in [0, 0.1) is 0 Å². The number of aliphatic hydroxyl groups is 1. The molecule has 0 radical (unpaired) electrons. The lowest BCUT2D eigenvalue weighted by Gasteiger charge is -2.17. The van der Waals surface area contributed by atoms with Gasteiger partial charge >= 0.3 is 0 Å². The van der Waals surface area contributed by atoms with Gasteiger partial charge in [-0.1, -0.05) is 12.1 Å². The molecule has 1 aliphatic heterocycles. The highest BCUT2D eigenvalue weighted by molar-refractivity contribution is 7.13. The van der Waals surface area contributed by atoms with Gasteiger partial charge in [-0.15, -0.1) is 11.3 Å². The molecule has 23 heavy (non-hydrogen) atoms. The Hall–Kier alpha value is -2.37. The molecule has 0 aliphatic carbocycles. The SMILES string of the molecule is OCc1ccc2c(c1)N=CC(c1csc(-c3ccncc3)n1)C2. The molecule has 1 N–H and O–H groups in total. The van der Waals surface area contributed by atoms with Crippen molar-refractivity contribution in [2.45, 2.75) is 18.9 Å². The number of rotatable bonds is 3. The fourth-order valence-electron chi connectivity index (χ4n) is 2.72. The van der Waals surface area contributed by atoms with Gasteiger partial charge in [-0.05, 0) is 35.7 Å². The molecular weight excluding hydrogens is 306 g/mol. The minimum absolute atomic E-state index is 0.0492. The summed E-state index contributed by atoms with van der Waals surface area (Å²) in [6.07, 6.45) is 6.43. The Balaban J connectivity index is 1.60. The Morgan fingerprint density at radius 2 is 2.04 bits per heavy atom. The van der Waals surface area contributed by atoms with Crippen LogP contribution in [-0.2, 0) is 13.0 Å². The average Bonchev–Trinajstić information content (AvgIpc) is 3.11. The first-order valence-electron chi connectivity index (χ1n) is 7.46. The van der Waals surface area contributed by atoms with Crippen LogP contribution in [0.4, 0.5) is 5.69 Å². The molecule has 1 atom stereocenters. The van der Waals surface area contributed by atoms with Crippen molar-refractivity contribution in [1.29, 1.82) is 0 Å². The predicted molar refractivity (Wildman–Crippen MR) is 92.3 cm³/mol. The largest absolute Gasteiger partial charge is 0.392 e. The molecular formula is C18H15N3OS. The van der Waals surface area contributed by atoms with Gasteiger partial charge in [0.2, 0.25) is 0 Å². The van der Waals surface area contributed by atoms with E-state index in [0.717, 1.165) is 33.9 Å². The zero-order valence-electron chi connectivity index (χ0n) is 12.4. The van der Waals surface area contributed by atoms with Gasteiger partial charge in [0.05, 0.1) is 18.0 Å². The van der Waals surface area contributed by atoms with Crippen molar-refractivity contribution in [2.75, 3.05) is 0 Å². The van der Waals surface area contributed by atoms with Crippen molar-refractivity contribution >= 4 is 23.2 Å². The molecule has 0 spiro atoms. The number of hydrogen-bond acceptors (Lipinski definition) is 5. The molecule has 4 nitrogen and oxygen atoms in total. The maximum Gasteiger partial charge on any atom is 0.123 e. The first kappa shape index (κ1) is 14.2. The zero-order valence-corrected chi connectivity index (χ0v) is 13.2. The van der Waals surface area contributed by atoms with Crippen LogP contribution in [-0.4, -0.2) is 21.3 Å². The maximum atomic E-state index is 9.22. The molecule has 0 saturated heterocycles. The number of benzene rings is 1. The number of aliphatic hydroxyl groups excluding tert-OH is 1. The summed E-state index contributed by atoms with van der Waals surface area (Å²) in [5.74, 6) is 0.203. The van der Waals surface area contributed by atoms with E-state index in [1.807, 2.05) is 30.5 Å². The molecule has 0 fully saturated rings. The van der Waals surface area contributed by atoms with Gasteiger partial charge in [-0.2, -0.15) is 0 Å². The van der Waals surface area contributed by atoms with Crippen LogP contribution in [0.25, 0.3) is 10.6 Å². The van der Waals surface area contributed by atoms with E-state index in [9.17, 15) is 5.11 Å². The number of nitrogens with zero attached hydrogens (tertiary/aromatic N) is 3. The standard InChI is InChI=1S/C18H15N3OS/c22-10-12-1-2-14-8-15(9-20-16(14)7-12)17-11-23-18(21-17)13-3-5-19-6-4-13/h1-7,9,11,15,22H,8,10H2.